The SMILES string of the molecule is CC(C)(C)C1=CN=C(C#N)CC1. The van der Waals surface area contributed by atoms with Crippen molar-refractivity contribution < 1.29 is 0 Å². The van der Waals surface area contributed by atoms with Crippen LogP contribution in [0.2, 0.25) is 0 Å². The first-order valence-corrected chi connectivity index (χ1v) is 4.20. The van der Waals surface area contributed by atoms with Crippen LogP contribution in [0.25, 0.3) is 0 Å². The number of rotatable bonds is 0. The van der Waals surface area contributed by atoms with E-state index in [0.717, 1.165) is 12.8 Å². The van der Waals surface area contributed by atoms with E-state index in [9.17, 15) is 0 Å². The summed E-state index contributed by atoms with van der Waals surface area (Å²) in [7, 11) is 0. The van der Waals surface area contributed by atoms with E-state index in [-0.39, 0.29) is 5.41 Å². The van der Waals surface area contributed by atoms with Crippen LogP contribution < -0.4 is 0 Å². The van der Waals surface area contributed by atoms with Crippen molar-refractivity contribution in [1.29, 1.82) is 5.26 Å². The molecule has 12 heavy (non-hydrogen) atoms. The molecule has 0 spiro atoms. The average molecular weight is 162 g/mol. The second kappa shape index (κ2) is 3.10. The monoisotopic (exact) mass is 162 g/mol. The molecule has 0 atom stereocenters. The third-order valence-corrected chi connectivity index (χ3v) is 2.10. The van der Waals surface area contributed by atoms with Crippen LogP contribution >= 0.6 is 0 Å². The lowest BCUT2D eigenvalue weighted by Crippen LogP contribution is -2.13. The standard InChI is InChI=1S/C10H14N2/c1-10(2,3)8-4-5-9(6-11)12-7-8/h7H,4-5H2,1-3H3. The summed E-state index contributed by atoms with van der Waals surface area (Å²) in [5.41, 5.74) is 2.19. The van der Waals surface area contributed by atoms with Gasteiger partial charge < -0.3 is 0 Å². The molecule has 0 radical (unpaired) electrons. The smallest absolute Gasteiger partial charge is 0.118 e. The number of hydrogen-bond acceptors (Lipinski definition) is 2. The maximum atomic E-state index is 8.57. The molecule has 64 valence electrons. The second-order valence-electron chi connectivity index (χ2n) is 4.09. The van der Waals surface area contributed by atoms with Crippen molar-refractivity contribution >= 4 is 5.71 Å². The van der Waals surface area contributed by atoms with Gasteiger partial charge in [0.15, 0.2) is 0 Å². The molecular formula is C10H14N2. The quantitative estimate of drug-likeness (QED) is 0.539. The molecule has 0 saturated heterocycles. The summed E-state index contributed by atoms with van der Waals surface area (Å²) in [6.07, 6.45) is 3.64. The zero-order chi connectivity index (χ0) is 9.19. The largest absolute Gasteiger partial charge is 0.250 e. The molecule has 0 aliphatic carbocycles. The normalized spacial score (nSPS) is 17.8. The minimum atomic E-state index is 0.199. The van der Waals surface area contributed by atoms with Crippen LogP contribution in [-0.4, -0.2) is 5.71 Å². The van der Waals surface area contributed by atoms with E-state index < -0.39 is 0 Å². The Morgan fingerprint density at radius 3 is 2.42 bits per heavy atom. The molecule has 1 heterocycles. The van der Waals surface area contributed by atoms with Crippen molar-refractivity contribution in [2.24, 2.45) is 10.4 Å². The van der Waals surface area contributed by atoms with Gasteiger partial charge in [-0.15, -0.1) is 0 Å². The molecule has 0 aromatic carbocycles. The summed E-state index contributed by atoms with van der Waals surface area (Å²) in [4.78, 5) is 4.09. The van der Waals surface area contributed by atoms with Gasteiger partial charge in [-0.25, -0.2) is 0 Å². The van der Waals surface area contributed by atoms with Gasteiger partial charge in [0, 0.05) is 12.6 Å². The molecule has 0 aromatic rings. The molecule has 0 saturated carbocycles. The highest BCUT2D eigenvalue weighted by molar-refractivity contribution is 5.99. The van der Waals surface area contributed by atoms with Gasteiger partial charge in [0.1, 0.15) is 11.8 Å². The minimum Gasteiger partial charge on any atom is -0.250 e. The van der Waals surface area contributed by atoms with Gasteiger partial charge in [0.25, 0.3) is 0 Å². The molecule has 1 rings (SSSR count). The lowest BCUT2D eigenvalue weighted by molar-refractivity contribution is 0.481. The first kappa shape index (κ1) is 8.99. The molecule has 0 amide bonds. The fourth-order valence-corrected chi connectivity index (χ4v) is 1.19. The number of hydrogen-bond donors (Lipinski definition) is 0. The Morgan fingerprint density at radius 2 is 2.08 bits per heavy atom. The van der Waals surface area contributed by atoms with Crippen LogP contribution in [-0.2, 0) is 0 Å². The van der Waals surface area contributed by atoms with E-state index in [2.05, 4.69) is 31.8 Å². The van der Waals surface area contributed by atoms with Crippen LogP contribution in [0.4, 0.5) is 0 Å². The van der Waals surface area contributed by atoms with E-state index in [1.54, 1.807) is 0 Å². The van der Waals surface area contributed by atoms with E-state index in [0.29, 0.717) is 5.71 Å². The molecular weight excluding hydrogens is 148 g/mol. The summed E-state index contributed by atoms with van der Waals surface area (Å²) in [5, 5.41) is 8.57. The van der Waals surface area contributed by atoms with Crippen LogP contribution in [0.5, 0.6) is 0 Å². The topological polar surface area (TPSA) is 36.1 Å². The third-order valence-electron chi connectivity index (χ3n) is 2.10. The molecule has 0 unspecified atom stereocenters. The Bertz CT molecular complexity index is 271. The van der Waals surface area contributed by atoms with E-state index in [1.165, 1.54) is 5.57 Å². The fraction of sp³-hybridized carbons (Fsp3) is 0.600. The molecule has 0 aromatic heterocycles. The molecule has 1 aliphatic rings. The molecule has 2 heteroatoms. The van der Waals surface area contributed by atoms with Crippen molar-refractivity contribution in [3.63, 3.8) is 0 Å². The Morgan fingerprint density at radius 1 is 1.42 bits per heavy atom. The second-order valence-corrected chi connectivity index (χ2v) is 4.09. The van der Waals surface area contributed by atoms with Gasteiger partial charge in [-0.1, -0.05) is 20.8 Å². The highest BCUT2D eigenvalue weighted by Gasteiger charge is 2.19. The average Bonchev–Trinajstić information content (AvgIpc) is 2.03. The van der Waals surface area contributed by atoms with Crippen molar-refractivity contribution in [3.8, 4) is 6.07 Å². The summed E-state index contributed by atoms with van der Waals surface area (Å²) >= 11 is 0. The van der Waals surface area contributed by atoms with Crippen molar-refractivity contribution in [3.05, 3.63) is 11.8 Å². The Hall–Kier alpha value is -1.10. The van der Waals surface area contributed by atoms with Crippen LogP contribution in [0, 0.1) is 16.7 Å². The van der Waals surface area contributed by atoms with E-state index in [4.69, 9.17) is 5.26 Å². The van der Waals surface area contributed by atoms with Gasteiger partial charge in [0.2, 0.25) is 0 Å². The maximum absolute atomic E-state index is 8.57. The number of allylic oxidation sites excluding steroid dienone is 1. The number of nitrogens with zero attached hydrogens (tertiary/aromatic N) is 2. The van der Waals surface area contributed by atoms with Gasteiger partial charge in [-0.05, 0) is 17.4 Å². The van der Waals surface area contributed by atoms with Gasteiger partial charge >= 0.3 is 0 Å². The first-order valence-electron chi connectivity index (χ1n) is 4.20. The predicted octanol–water partition coefficient (Wildman–Crippen LogP) is 2.67. The third kappa shape index (κ3) is 1.94. The first-order chi connectivity index (χ1) is 5.54. The van der Waals surface area contributed by atoms with Crippen LogP contribution in [0.1, 0.15) is 33.6 Å². The zero-order valence-corrected chi connectivity index (χ0v) is 7.89. The van der Waals surface area contributed by atoms with E-state index >= 15 is 0 Å². The van der Waals surface area contributed by atoms with Gasteiger partial charge in [-0.3, -0.25) is 4.99 Å². The number of nitriles is 1. The van der Waals surface area contributed by atoms with E-state index in [1.807, 2.05) is 6.20 Å². The molecule has 1 aliphatic heterocycles. The van der Waals surface area contributed by atoms with Gasteiger partial charge in [-0.2, -0.15) is 5.26 Å². The molecule has 0 N–H and O–H groups in total. The van der Waals surface area contributed by atoms with Crippen molar-refractivity contribution in [2.75, 3.05) is 0 Å². The highest BCUT2D eigenvalue weighted by Crippen LogP contribution is 2.30. The highest BCUT2D eigenvalue weighted by atomic mass is 14.7. The summed E-state index contributed by atoms with van der Waals surface area (Å²) in [5.74, 6) is 0. The van der Waals surface area contributed by atoms with Gasteiger partial charge in [0.05, 0.1) is 0 Å². The van der Waals surface area contributed by atoms with Crippen molar-refractivity contribution in [2.45, 2.75) is 33.6 Å². The predicted molar refractivity (Wildman–Crippen MR) is 49.8 cm³/mol. The summed E-state index contributed by atoms with van der Waals surface area (Å²) in [6, 6.07) is 2.08. The lowest BCUT2D eigenvalue weighted by Gasteiger charge is -2.23. The number of aliphatic imine (C=N–C) groups is 1. The molecule has 0 bridgehead atoms. The minimum absolute atomic E-state index is 0.199. The zero-order valence-electron chi connectivity index (χ0n) is 7.89. The van der Waals surface area contributed by atoms with Crippen LogP contribution in [0.15, 0.2) is 16.8 Å². The van der Waals surface area contributed by atoms with Crippen molar-refractivity contribution in [1.82, 2.24) is 0 Å². The summed E-state index contributed by atoms with van der Waals surface area (Å²) in [6.45, 7) is 6.52. The lowest BCUT2D eigenvalue weighted by atomic mass is 9.83. The summed E-state index contributed by atoms with van der Waals surface area (Å²) < 4.78 is 0. The Kier molecular flexibility index (Phi) is 2.32. The maximum Gasteiger partial charge on any atom is 0.118 e. The van der Waals surface area contributed by atoms with Crippen LogP contribution in [0.3, 0.4) is 0 Å². The Labute approximate surface area is 73.6 Å². The molecule has 0 fully saturated rings. The fourth-order valence-electron chi connectivity index (χ4n) is 1.19. The Balaban J connectivity index is 2.82. The molecule has 2 nitrogen and oxygen atoms in total.